The highest BCUT2D eigenvalue weighted by Crippen LogP contribution is 2.22. The molecule has 0 spiro atoms. The van der Waals surface area contributed by atoms with E-state index < -0.39 is 0 Å². The van der Waals surface area contributed by atoms with Crippen molar-refractivity contribution < 1.29 is 9.26 Å². The number of aromatic nitrogens is 2. The summed E-state index contributed by atoms with van der Waals surface area (Å²) in [7, 11) is 1.61. The first-order chi connectivity index (χ1) is 7.70. The minimum Gasteiger partial charge on any atom is -0.497 e. The molecule has 1 heterocycles. The van der Waals surface area contributed by atoms with Gasteiger partial charge in [0.25, 0.3) is 0 Å². The van der Waals surface area contributed by atoms with Crippen molar-refractivity contribution in [3.8, 4) is 17.1 Å². The first-order valence-corrected chi connectivity index (χ1v) is 4.94. The molecule has 1 atom stereocenters. The number of hydrogen-bond donors (Lipinski definition) is 1. The lowest BCUT2D eigenvalue weighted by Crippen LogP contribution is -2.04. The molecule has 0 radical (unpaired) electrons. The van der Waals surface area contributed by atoms with Gasteiger partial charge in [-0.15, -0.1) is 12.4 Å². The summed E-state index contributed by atoms with van der Waals surface area (Å²) < 4.78 is 10.1. The van der Waals surface area contributed by atoms with Crippen molar-refractivity contribution in [3.05, 3.63) is 30.2 Å². The van der Waals surface area contributed by atoms with Crippen molar-refractivity contribution in [2.24, 2.45) is 5.73 Å². The summed E-state index contributed by atoms with van der Waals surface area (Å²) in [6, 6.07) is 7.20. The lowest BCUT2D eigenvalue weighted by Gasteiger charge is -1.99. The zero-order chi connectivity index (χ0) is 11.5. The van der Waals surface area contributed by atoms with E-state index in [9.17, 15) is 0 Å². The molecule has 0 aliphatic rings. The van der Waals surface area contributed by atoms with Crippen LogP contribution in [0.5, 0.6) is 5.75 Å². The third-order valence-electron chi connectivity index (χ3n) is 2.16. The van der Waals surface area contributed by atoms with Crippen molar-refractivity contribution in [3.63, 3.8) is 0 Å². The quantitative estimate of drug-likeness (QED) is 0.910. The predicted molar refractivity (Wildman–Crippen MR) is 66.1 cm³/mol. The number of halogens is 1. The van der Waals surface area contributed by atoms with Gasteiger partial charge in [0, 0.05) is 5.56 Å². The molecular formula is C11H14ClN3O2. The van der Waals surface area contributed by atoms with Crippen molar-refractivity contribution in [2.45, 2.75) is 13.0 Å². The zero-order valence-corrected chi connectivity index (χ0v) is 10.4. The number of nitrogens with two attached hydrogens (primary N) is 1. The molecule has 17 heavy (non-hydrogen) atoms. The standard InChI is InChI=1S/C11H13N3O2.ClH/c1-7(12)11-13-10(14-16-11)8-4-3-5-9(6-8)15-2;/h3-7H,12H2,1-2H3;1H/t7-;/m0./s1. The van der Waals surface area contributed by atoms with Crippen LogP contribution in [0.25, 0.3) is 11.4 Å². The molecule has 5 nitrogen and oxygen atoms in total. The summed E-state index contributed by atoms with van der Waals surface area (Å²) in [6.45, 7) is 1.79. The number of ether oxygens (including phenoxy) is 1. The number of nitrogens with zero attached hydrogens (tertiary/aromatic N) is 2. The van der Waals surface area contributed by atoms with Gasteiger partial charge < -0.3 is 15.0 Å². The van der Waals surface area contributed by atoms with E-state index in [2.05, 4.69) is 10.1 Å². The largest absolute Gasteiger partial charge is 0.497 e. The maximum Gasteiger partial charge on any atom is 0.243 e. The minimum atomic E-state index is -0.258. The highest BCUT2D eigenvalue weighted by atomic mass is 35.5. The normalized spacial score (nSPS) is 11.7. The molecule has 1 aromatic heterocycles. The minimum absolute atomic E-state index is 0. The van der Waals surface area contributed by atoms with Crippen molar-refractivity contribution >= 4 is 12.4 Å². The highest BCUT2D eigenvalue weighted by molar-refractivity contribution is 5.85. The highest BCUT2D eigenvalue weighted by Gasteiger charge is 2.11. The second-order valence-corrected chi connectivity index (χ2v) is 3.48. The van der Waals surface area contributed by atoms with Crippen LogP contribution in [-0.4, -0.2) is 17.3 Å². The van der Waals surface area contributed by atoms with Crippen LogP contribution >= 0.6 is 12.4 Å². The van der Waals surface area contributed by atoms with Gasteiger partial charge in [0.1, 0.15) is 5.75 Å². The molecule has 6 heteroatoms. The van der Waals surface area contributed by atoms with Gasteiger partial charge in [-0.05, 0) is 19.1 Å². The monoisotopic (exact) mass is 255 g/mol. The zero-order valence-electron chi connectivity index (χ0n) is 9.58. The summed E-state index contributed by atoms with van der Waals surface area (Å²) in [4.78, 5) is 4.20. The topological polar surface area (TPSA) is 74.2 Å². The SMILES string of the molecule is COc1cccc(-c2noc([C@H](C)N)n2)c1.Cl. The maximum atomic E-state index is 5.64. The van der Waals surface area contributed by atoms with E-state index in [0.717, 1.165) is 11.3 Å². The maximum absolute atomic E-state index is 5.64. The van der Waals surface area contributed by atoms with E-state index in [1.807, 2.05) is 24.3 Å². The lowest BCUT2D eigenvalue weighted by molar-refractivity contribution is 0.362. The van der Waals surface area contributed by atoms with Crippen LogP contribution in [0.4, 0.5) is 0 Å². The van der Waals surface area contributed by atoms with Crippen LogP contribution in [0, 0.1) is 0 Å². The second-order valence-electron chi connectivity index (χ2n) is 3.48. The third kappa shape index (κ3) is 2.95. The smallest absolute Gasteiger partial charge is 0.243 e. The molecule has 0 saturated heterocycles. The molecule has 0 fully saturated rings. The Morgan fingerprint density at radius 2 is 2.18 bits per heavy atom. The third-order valence-corrected chi connectivity index (χ3v) is 2.16. The molecule has 0 unspecified atom stereocenters. The van der Waals surface area contributed by atoms with Crippen LogP contribution in [0.3, 0.4) is 0 Å². The summed E-state index contributed by atoms with van der Waals surface area (Å²) in [5.41, 5.74) is 6.48. The predicted octanol–water partition coefficient (Wildman–Crippen LogP) is 2.19. The molecule has 2 N–H and O–H groups in total. The van der Waals surface area contributed by atoms with E-state index in [-0.39, 0.29) is 18.4 Å². The van der Waals surface area contributed by atoms with Gasteiger partial charge in [-0.2, -0.15) is 4.98 Å². The van der Waals surface area contributed by atoms with E-state index >= 15 is 0 Å². The molecule has 0 aliphatic carbocycles. The molecule has 0 amide bonds. The van der Waals surface area contributed by atoms with Gasteiger partial charge in [-0.1, -0.05) is 17.3 Å². The number of methoxy groups -OCH3 is 1. The Labute approximate surface area is 105 Å². The summed E-state index contributed by atoms with van der Waals surface area (Å²) >= 11 is 0. The average Bonchev–Trinajstić information content (AvgIpc) is 2.78. The summed E-state index contributed by atoms with van der Waals surface area (Å²) in [6.07, 6.45) is 0. The van der Waals surface area contributed by atoms with Crippen LogP contribution in [0.1, 0.15) is 18.9 Å². The molecule has 0 aliphatic heterocycles. The fourth-order valence-electron chi connectivity index (χ4n) is 1.30. The number of hydrogen-bond acceptors (Lipinski definition) is 5. The molecule has 1 aromatic carbocycles. The van der Waals surface area contributed by atoms with Crippen molar-refractivity contribution in [1.82, 2.24) is 10.1 Å². The van der Waals surface area contributed by atoms with Crippen LogP contribution in [-0.2, 0) is 0 Å². The van der Waals surface area contributed by atoms with Gasteiger partial charge in [0.15, 0.2) is 0 Å². The molecule has 92 valence electrons. The summed E-state index contributed by atoms with van der Waals surface area (Å²) in [5, 5.41) is 3.86. The summed E-state index contributed by atoms with van der Waals surface area (Å²) in [5.74, 6) is 1.70. The molecule has 2 rings (SSSR count). The fraction of sp³-hybridized carbons (Fsp3) is 0.273. The molecule has 0 bridgehead atoms. The Balaban J connectivity index is 0.00000144. The second kappa shape index (κ2) is 5.65. The Kier molecular flexibility index (Phi) is 4.48. The van der Waals surface area contributed by atoms with Crippen LogP contribution in [0.2, 0.25) is 0 Å². The fourth-order valence-corrected chi connectivity index (χ4v) is 1.30. The molecule has 2 aromatic rings. The van der Waals surface area contributed by atoms with Gasteiger partial charge in [0.2, 0.25) is 11.7 Å². The van der Waals surface area contributed by atoms with Crippen LogP contribution < -0.4 is 10.5 Å². The molecular weight excluding hydrogens is 242 g/mol. The van der Waals surface area contributed by atoms with Crippen molar-refractivity contribution in [2.75, 3.05) is 7.11 Å². The van der Waals surface area contributed by atoms with Gasteiger partial charge in [0.05, 0.1) is 13.2 Å². The number of rotatable bonds is 3. The van der Waals surface area contributed by atoms with E-state index in [1.165, 1.54) is 0 Å². The first kappa shape index (κ1) is 13.5. The van der Waals surface area contributed by atoms with Crippen molar-refractivity contribution in [1.29, 1.82) is 0 Å². The van der Waals surface area contributed by atoms with E-state index in [1.54, 1.807) is 14.0 Å². The molecule has 0 saturated carbocycles. The Morgan fingerprint density at radius 1 is 1.41 bits per heavy atom. The lowest BCUT2D eigenvalue weighted by atomic mass is 10.2. The Bertz CT molecular complexity index is 485. The van der Waals surface area contributed by atoms with Gasteiger partial charge >= 0.3 is 0 Å². The Morgan fingerprint density at radius 3 is 2.76 bits per heavy atom. The van der Waals surface area contributed by atoms with E-state index in [4.69, 9.17) is 15.0 Å². The first-order valence-electron chi connectivity index (χ1n) is 4.94. The van der Waals surface area contributed by atoms with Gasteiger partial charge in [-0.25, -0.2) is 0 Å². The Hall–Kier alpha value is -1.59. The number of benzene rings is 1. The average molecular weight is 256 g/mol. The van der Waals surface area contributed by atoms with E-state index in [0.29, 0.717) is 11.7 Å². The van der Waals surface area contributed by atoms with Gasteiger partial charge in [-0.3, -0.25) is 0 Å². The van der Waals surface area contributed by atoms with Crippen LogP contribution in [0.15, 0.2) is 28.8 Å².